The number of carbonyl (C=O) groups is 2. The first-order valence-electron chi connectivity index (χ1n) is 17.8. The molecule has 1 aliphatic carbocycles. The molecule has 0 radical (unpaired) electrons. The van der Waals surface area contributed by atoms with Gasteiger partial charge in [0.05, 0.1) is 35.0 Å². The van der Waals surface area contributed by atoms with Gasteiger partial charge in [-0.25, -0.2) is 19.6 Å². The topological polar surface area (TPSA) is 94.7 Å². The quantitative estimate of drug-likeness (QED) is 0.212. The summed E-state index contributed by atoms with van der Waals surface area (Å²) in [6.07, 6.45) is 6.13. The number of benzene rings is 2. The van der Waals surface area contributed by atoms with E-state index in [9.17, 15) is 9.59 Å². The second-order valence-electron chi connectivity index (χ2n) is 16.1. The molecule has 0 spiro atoms. The van der Waals surface area contributed by atoms with E-state index < -0.39 is 11.2 Å². The van der Waals surface area contributed by atoms with Gasteiger partial charge in [-0.2, -0.15) is 0 Å². The SMILES string of the molecule is Cn1c(-c2ccc(C3CC3c3ccc4nc(C5CCCN5C(=O)OC(C)(C)C)n(C)c4c3)cc2)cnc1C1CCCN1C(=O)OC(C)(C)C. The Hall–Kier alpha value is -4.34. The van der Waals surface area contributed by atoms with Crippen molar-refractivity contribution in [2.75, 3.05) is 13.1 Å². The van der Waals surface area contributed by atoms with Gasteiger partial charge in [0.15, 0.2) is 0 Å². The van der Waals surface area contributed by atoms with Gasteiger partial charge in [-0.15, -0.1) is 0 Å². The summed E-state index contributed by atoms with van der Waals surface area (Å²) < 4.78 is 15.7. The maximum absolute atomic E-state index is 13.0. The van der Waals surface area contributed by atoms with E-state index in [1.54, 1.807) is 0 Å². The first-order valence-corrected chi connectivity index (χ1v) is 17.8. The highest BCUT2D eigenvalue weighted by atomic mass is 16.6. The van der Waals surface area contributed by atoms with Crippen molar-refractivity contribution in [2.24, 2.45) is 14.1 Å². The molecule has 49 heavy (non-hydrogen) atoms. The van der Waals surface area contributed by atoms with Gasteiger partial charge < -0.3 is 18.6 Å². The summed E-state index contributed by atoms with van der Waals surface area (Å²) in [6.45, 7) is 12.8. The van der Waals surface area contributed by atoms with E-state index in [1.807, 2.05) is 64.6 Å². The van der Waals surface area contributed by atoms with Crippen molar-refractivity contribution in [2.45, 2.75) is 109 Å². The maximum atomic E-state index is 13.0. The standard InChI is InChI=1S/C39H50N6O4/c1-38(2,3)48-36(46)44-19-9-11-30(44)34-40-23-33(43(34)8)25-15-13-24(14-16-25)27-22-28(27)26-17-18-29-32(21-26)42(7)35(41-29)31-12-10-20-45(31)37(47)49-39(4,5)6/h13-18,21,23,27-28,30-31H,9-12,19-20,22H2,1-8H3. The number of likely N-dealkylation sites (tertiary alicyclic amines) is 2. The highest BCUT2D eigenvalue weighted by Crippen LogP contribution is 2.55. The Balaban J connectivity index is 1.04. The zero-order chi connectivity index (χ0) is 34.8. The molecule has 2 saturated heterocycles. The monoisotopic (exact) mass is 666 g/mol. The van der Waals surface area contributed by atoms with Crippen LogP contribution in [-0.4, -0.2) is 65.4 Å². The van der Waals surface area contributed by atoms with Crippen LogP contribution in [0.3, 0.4) is 0 Å². The predicted octanol–water partition coefficient (Wildman–Crippen LogP) is 8.39. The van der Waals surface area contributed by atoms with Crippen LogP contribution in [0.1, 0.15) is 120 Å². The van der Waals surface area contributed by atoms with Gasteiger partial charge in [0.1, 0.15) is 22.9 Å². The highest BCUT2D eigenvalue weighted by molar-refractivity contribution is 5.78. The fraction of sp³-hybridized carbons (Fsp3) is 0.538. The van der Waals surface area contributed by atoms with Crippen molar-refractivity contribution in [1.82, 2.24) is 28.9 Å². The molecule has 0 N–H and O–H groups in total. The van der Waals surface area contributed by atoms with Crippen LogP contribution < -0.4 is 0 Å². The van der Waals surface area contributed by atoms with Gasteiger partial charge in [-0.1, -0.05) is 30.3 Å². The summed E-state index contributed by atoms with van der Waals surface area (Å²) in [6, 6.07) is 15.4. The number of hydrogen-bond donors (Lipinski definition) is 0. The van der Waals surface area contributed by atoms with Crippen LogP contribution in [0.15, 0.2) is 48.7 Å². The van der Waals surface area contributed by atoms with Crippen LogP contribution in [-0.2, 0) is 23.6 Å². The predicted molar refractivity (Wildman–Crippen MR) is 189 cm³/mol. The molecule has 2 aromatic heterocycles. The molecule has 3 aliphatic rings. The fourth-order valence-electron chi connectivity index (χ4n) is 7.74. The number of fused-ring (bicyclic) bond motifs is 1. The molecule has 1 saturated carbocycles. The van der Waals surface area contributed by atoms with Crippen LogP contribution >= 0.6 is 0 Å². The van der Waals surface area contributed by atoms with Crippen molar-refractivity contribution in [1.29, 1.82) is 0 Å². The van der Waals surface area contributed by atoms with Crippen LogP contribution in [0.4, 0.5) is 9.59 Å². The second-order valence-corrected chi connectivity index (χ2v) is 16.1. The Kier molecular flexibility index (Phi) is 8.27. The fourth-order valence-corrected chi connectivity index (χ4v) is 7.74. The summed E-state index contributed by atoms with van der Waals surface area (Å²) >= 11 is 0. The summed E-state index contributed by atoms with van der Waals surface area (Å²) in [5.41, 5.74) is 5.81. The molecular weight excluding hydrogens is 616 g/mol. The molecule has 3 fully saturated rings. The first kappa shape index (κ1) is 33.2. The minimum absolute atomic E-state index is 0.0829. The highest BCUT2D eigenvalue weighted by Gasteiger charge is 2.41. The summed E-state index contributed by atoms with van der Waals surface area (Å²) in [5, 5.41) is 0. The number of aromatic nitrogens is 4. The number of carbonyl (C=O) groups excluding carboxylic acids is 2. The van der Waals surface area contributed by atoms with Crippen molar-refractivity contribution in [3.05, 3.63) is 71.4 Å². The lowest BCUT2D eigenvalue weighted by atomic mass is 10.0. The normalized spacial score (nSPS) is 22.6. The minimum Gasteiger partial charge on any atom is -0.444 e. The van der Waals surface area contributed by atoms with E-state index in [4.69, 9.17) is 19.4 Å². The average molecular weight is 667 g/mol. The van der Waals surface area contributed by atoms with Crippen LogP contribution in [0.2, 0.25) is 0 Å². The van der Waals surface area contributed by atoms with E-state index >= 15 is 0 Å². The van der Waals surface area contributed by atoms with Gasteiger partial charge in [0.25, 0.3) is 0 Å². The van der Waals surface area contributed by atoms with Crippen LogP contribution in [0.5, 0.6) is 0 Å². The molecule has 2 amide bonds. The summed E-state index contributed by atoms with van der Waals surface area (Å²) in [4.78, 5) is 39.4. The Morgan fingerprint density at radius 3 is 1.88 bits per heavy atom. The zero-order valence-electron chi connectivity index (χ0n) is 30.2. The molecule has 4 unspecified atom stereocenters. The van der Waals surface area contributed by atoms with Crippen molar-refractivity contribution < 1.29 is 19.1 Å². The third kappa shape index (κ3) is 6.54. The Morgan fingerprint density at radius 2 is 1.29 bits per heavy atom. The lowest BCUT2D eigenvalue weighted by molar-refractivity contribution is 0.0206. The number of rotatable bonds is 5. The number of aryl methyl sites for hydroxylation is 1. The summed E-state index contributed by atoms with van der Waals surface area (Å²) in [5.74, 6) is 2.74. The lowest BCUT2D eigenvalue weighted by Gasteiger charge is -2.28. The van der Waals surface area contributed by atoms with Crippen molar-refractivity contribution in [3.63, 3.8) is 0 Å². The number of ether oxygens (including phenoxy) is 2. The van der Waals surface area contributed by atoms with E-state index in [0.29, 0.717) is 24.9 Å². The lowest BCUT2D eigenvalue weighted by Crippen LogP contribution is -2.37. The molecule has 10 heteroatoms. The third-order valence-electron chi connectivity index (χ3n) is 10.2. The molecule has 4 aromatic rings. The molecule has 0 bridgehead atoms. The van der Waals surface area contributed by atoms with Gasteiger partial charge in [0, 0.05) is 27.2 Å². The second kappa shape index (κ2) is 12.2. The molecule has 260 valence electrons. The zero-order valence-corrected chi connectivity index (χ0v) is 30.2. The maximum Gasteiger partial charge on any atom is 0.410 e. The summed E-state index contributed by atoms with van der Waals surface area (Å²) in [7, 11) is 4.10. The third-order valence-corrected chi connectivity index (χ3v) is 10.2. The van der Waals surface area contributed by atoms with Gasteiger partial charge in [-0.3, -0.25) is 9.80 Å². The number of amides is 2. The minimum atomic E-state index is -0.531. The van der Waals surface area contributed by atoms with E-state index in [0.717, 1.165) is 66.0 Å². The van der Waals surface area contributed by atoms with E-state index in [2.05, 4.69) is 58.6 Å². The number of imidazole rings is 2. The smallest absolute Gasteiger partial charge is 0.410 e. The molecule has 2 aromatic carbocycles. The molecule has 10 nitrogen and oxygen atoms in total. The van der Waals surface area contributed by atoms with Crippen molar-refractivity contribution >= 4 is 23.2 Å². The Labute approximate surface area is 289 Å². The molecule has 4 atom stereocenters. The molecule has 7 rings (SSSR count). The van der Waals surface area contributed by atoms with Gasteiger partial charge >= 0.3 is 12.2 Å². The average Bonchev–Trinajstić information content (AvgIpc) is 3.40. The Bertz CT molecular complexity index is 1880. The molecular formula is C39H50N6O4. The van der Waals surface area contributed by atoms with E-state index in [-0.39, 0.29) is 24.3 Å². The molecule has 4 heterocycles. The Morgan fingerprint density at radius 1 is 0.735 bits per heavy atom. The largest absolute Gasteiger partial charge is 0.444 e. The number of nitrogens with zero attached hydrogens (tertiary/aromatic N) is 6. The molecule has 2 aliphatic heterocycles. The van der Waals surface area contributed by atoms with E-state index in [1.165, 1.54) is 11.1 Å². The van der Waals surface area contributed by atoms with Crippen LogP contribution in [0, 0.1) is 0 Å². The van der Waals surface area contributed by atoms with Gasteiger partial charge in [0.2, 0.25) is 0 Å². The van der Waals surface area contributed by atoms with Crippen LogP contribution in [0.25, 0.3) is 22.3 Å². The van der Waals surface area contributed by atoms with Crippen molar-refractivity contribution in [3.8, 4) is 11.3 Å². The number of hydrogen-bond acceptors (Lipinski definition) is 6. The first-order chi connectivity index (χ1) is 23.2. The van der Waals surface area contributed by atoms with Gasteiger partial charge in [-0.05, 0) is 114 Å².